The number of carboxylic acid groups (broad SMARTS) is 1. The van der Waals surface area contributed by atoms with Gasteiger partial charge in [0.15, 0.2) is 0 Å². The van der Waals surface area contributed by atoms with Gasteiger partial charge in [-0.3, -0.25) is 4.79 Å². The number of benzene rings is 1. The Labute approximate surface area is 217 Å². The lowest BCUT2D eigenvalue weighted by Gasteiger charge is -2.43. The van der Waals surface area contributed by atoms with Gasteiger partial charge in [-0.25, -0.2) is 9.78 Å². The Balaban J connectivity index is 1.43. The first-order chi connectivity index (χ1) is 17.8. The molecule has 1 aliphatic carbocycles. The maximum Gasteiger partial charge on any atom is 0.357 e. The number of nitrogens with zero attached hydrogens (tertiary/aromatic N) is 3. The first-order valence-corrected chi connectivity index (χ1v) is 12.9. The standard InChI is InChI=1S/C28H34N4O5/c1-17-5-7-21(16-29)18(2)25(17)28(36)37-32(24(11-13-33)27(34)35)23-14-19(15-23)6-9-22-10-8-20-4-3-12-30-26(20)31-22/h5,7-8,10,19,23-24,33H,3-4,6,9,11-15H2,1-2H3,(H,30,31)(H,34,35)/t19?,23?,24-/m0/s1. The quantitative estimate of drug-likeness (QED) is 0.413. The number of aliphatic hydroxyl groups is 1. The molecule has 37 heavy (non-hydrogen) atoms. The van der Waals surface area contributed by atoms with E-state index >= 15 is 0 Å². The highest BCUT2D eigenvalue weighted by Crippen LogP contribution is 2.37. The summed E-state index contributed by atoms with van der Waals surface area (Å²) in [7, 11) is 0. The molecule has 4 rings (SSSR count). The number of fused-ring (bicyclic) bond motifs is 1. The number of pyridine rings is 1. The lowest BCUT2D eigenvalue weighted by Crippen LogP contribution is -2.53. The lowest BCUT2D eigenvalue weighted by atomic mass is 9.76. The molecule has 0 amide bonds. The molecule has 0 bridgehead atoms. The van der Waals surface area contributed by atoms with Crippen molar-refractivity contribution >= 4 is 17.8 Å². The predicted molar refractivity (Wildman–Crippen MR) is 137 cm³/mol. The summed E-state index contributed by atoms with van der Waals surface area (Å²) < 4.78 is 0. The van der Waals surface area contributed by atoms with Gasteiger partial charge in [-0.2, -0.15) is 5.26 Å². The molecular weight excluding hydrogens is 472 g/mol. The van der Waals surface area contributed by atoms with Gasteiger partial charge in [-0.15, -0.1) is 5.06 Å². The second-order valence-electron chi connectivity index (χ2n) is 10.0. The van der Waals surface area contributed by atoms with Gasteiger partial charge in [0, 0.05) is 24.9 Å². The van der Waals surface area contributed by atoms with E-state index in [1.165, 1.54) is 10.6 Å². The van der Waals surface area contributed by atoms with E-state index < -0.39 is 18.0 Å². The minimum atomic E-state index is -1.16. The minimum absolute atomic E-state index is 0.0635. The van der Waals surface area contributed by atoms with Crippen LogP contribution in [0.2, 0.25) is 0 Å². The van der Waals surface area contributed by atoms with Gasteiger partial charge in [-0.05, 0) is 93.5 Å². The number of hydrogen-bond donors (Lipinski definition) is 3. The number of carbonyl (C=O) groups is 2. The first kappa shape index (κ1) is 26.6. The number of aliphatic hydroxyl groups excluding tert-OH is 1. The Kier molecular flexibility index (Phi) is 8.41. The highest BCUT2D eigenvalue weighted by atomic mass is 16.7. The van der Waals surface area contributed by atoms with Gasteiger partial charge in [0.05, 0.1) is 17.2 Å². The molecule has 0 radical (unpaired) electrons. The van der Waals surface area contributed by atoms with Crippen molar-refractivity contribution in [2.45, 2.75) is 70.9 Å². The number of anilines is 1. The van der Waals surface area contributed by atoms with Crippen LogP contribution in [0.3, 0.4) is 0 Å². The normalized spacial score (nSPS) is 19.2. The average Bonchev–Trinajstić information content (AvgIpc) is 2.85. The Bertz CT molecular complexity index is 1200. The lowest BCUT2D eigenvalue weighted by molar-refractivity contribution is -0.204. The number of aromatic nitrogens is 1. The number of rotatable bonds is 10. The number of nitrogens with one attached hydrogen (secondary N) is 1. The number of aliphatic carboxylic acids is 1. The SMILES string of the molecule is Cc1ccc(C#N)c(C)c1C(=O)ON(C1CC(CCc2ccc3c(n2)NCCC3)C1)[C@@H](CCO)C(=O)O. The van der Waals surface area contributed by atoms with Crippen molar-refractivity contribution in [1.82, 2.24) is 10.0 Å². The summed E-state index contributed by atoms with van der Waals surface area (Å²) >= 11 is 0. The molecule has 2 aromatic rings. The molecule has 3 N–H and O–H groups in total. The van der Waals surface area contributed by atoms with Crippen molar-refractivity contribution in [2.75, 3.05) is 18.5 Å². The Hall–Kier alpha value is -3.48. The topological polar surface area (TPSA) is 136 Å². The van der Waals surface area contributed by atoms with Crippen molar-refractivity contribution < 1.29 is 24.6 Å². The van der Waals surface area contributed by atoms with Crippen LogP contribution >= 0.6 is 0 Å². The summed E-state index contributed by atoms with van der Waals surface area (Å²) in [6.45, 7) is 4.03. The molecule has 0 spiro atoms. The third-order valence-electron chi connectivity index (χ3n) is 7.51. The summed E-state index contributed by atoms with van der Waals surface area (Å²) in [4.78, 5) is 35.7. The smallest absolute Gasteiger partial charge is 0.357 e. The van der Waals surface area contributed by atoms with E-state index in [0.717, 1.165) is 43.7 Å². The van der Waals surface area contributed by atoms with Crippen molar-refractivity contribution in [1.29, 1.82) is 5.26 Å². The van der Waals surface area contributed by atoms with Crippen LogP contribution in [-0.2, 0) is 22.5 Å². The molecule has 1 aromatic carbocycles. The van der Waals surface area contributed by atoms with Crippen LogP contribution in [0.25, 0.3) is 0 Å². The van der Waals surface area contributed by atoms with Crippen LogP contribution in [0.4, 0.5) is 5.82 Å². The molecule has 9 heteroatoms. The molecule has 0 unspecified atom stereocenters. The fourth-order valence-corrected chi connectivity index (χ4v) is 5.30. The van der Waals surface area contributed by atoms with Crippen LogP contribution in [0.15, 0.2) is 24.3 Å². The van der Waals surface area contributed by atoms with Gasteiger partial charge >= 0.3 is 11.9 Å². The summed E-state index contributed by atoms with van der Waals surface area (Å²) in [5, 5.41) is 33.3. The molecule has 1 saturated carbocycles. The zero-order valence-electron chi connectivity index (χ0n) is 21.4. The van der Waals surface area contributed by atoms with Gasteiger partial charge in [-0.1, -0.05) is 12.1 Å². The van der Waals surface area contributed by atoms with Gasteiger partial charge < -0.3 is 20.4 Å². The number of nitriles is 1. The molecule has 2 aliphatic rings. The van der Waals surface area contributed by atoms with Crippen molar-refractivity contribution in [3.8, 4) is 6.07 Å². The van der Waals surface area contributed by atoms with Crippen LogP contribution in [-0.4, -0.2) is 57.4 Å². The number of carboxylic acids is 1. The van der Waals surface area contributed by atoms with E-state index in [2.05, 4.69) is 23.5 Å². The van der Waals surface area contributed by atoms with E-state index in [4.69, 9.17) is 9.82 Å². The average molecular weight is 507 g/mol. The minimum Gasteiger partial charge on any atom is -0.480 e. The maximum absolute atomic E-state index is 13.2. The summed E-state index contributed by atoms with van der Waals surface area (Å²) in [5.74, 6) is -0.514. The largest absolute Gasteiger partial charge is 0.480 e. The van der Waals surface area contributed by atoms with E-state index in [-0.39, 0.29) is 24.6 Å². The van der Waals surface area contributed by atoms with Crippen molar-refractivity contribution in [3.63, 3.8) is 0 Å². The Morgan fingerprint density at radius 1 is 1.27 bits per heavy atom. The molecule has 0 saturated heterocycles. The van der Waals surface area contributed by atoms with E-state index in [1.807, 2.05) is 0 Å². The fourth-order valence-electron chi connectivity index (χ4n) is 5.30. The van der Waals surface area contributed by atoms with E-state index in [1.54, 1.807) is 26.0 Å². The highest BCUT2D eigenvalue weighted by molar-refractivity contribution is 5.93. The molecule has 1 atom stereocenters. The Morgan fingerprint density at radius 3 is 2.76 bits per heavy atom. The van der Waals surface area contributed by atoms with Crippen molar-refractivity contribution in [2.24, 2.45) is 5.92 Å². The van der Waals surface area contributed by atoms with Crippen LogP contribution in [0.1, 0.15) is 70.4 Å². The maximum atomic E-state index is 13.2. The van der Waals surface area contributed by atoms with Crippen LogP contribution in [0, 0.1) is 31.1 Å². The summed E-state index contributed by atoms with van der Waals surface area (Å²) in [6, 6.07) is 8.20. The molecule has 1 aliphatic heterocycles. The third kappa shape index (κ3) is 5.92. The third-order valence-corrected chi connectivity index (χ3v) is 7.51. The predicted octanol–water partition coefficient (Wildman–Crippen LogP) is 3.55. The number of hydrogen-bond acceptors (Lipinski definition) is 8. The number of carbonyl (C=O) groups excluding carboxylic acids is 1. The van der Waals surface area contributed by atoms with Crippen LogP contribution in [0.5, 0.6) is 0 Å². The Morgan fingerprint density at radius 2 is 2.05 bits per heavy atom. The summed E-state index contributed by atoms with van der Waals surface area (Å²) in [6.07, 6.45) is 5.20. The van der Waals surface area contributed by atoms with Gasteiger partial charge in [0.2, 0.25) is 0 Å². The highest BCUT2D eigenvalue weighted by Gasteiger charge is 2.42. The molecule has 1 aromatic heterocycles. The monoisotopic (exact) mass is 506 g/mol. The molecule has 9 nitrogen and oxygen atoms in total. The molecule has 196 valence electrons. The zero-order chi connectivity index (χ0) is 26.5. The van der Waals surface area contributed by atoms with Gasteiger partial charge in [0.1, 0.15) is 11.9 Å². The van der Waals surface area contributed by atoms with E-state index in [9.17, 15) is 25.1 Å². The second-order valence-corrected chi connectivity index (χ2v) is 10.0. The molecular formula is C28H34N4O5. The van der Waals surface area contributed by atoms with Crippen LogP contribution < -0.4 is 5.32 Å². The van der Waals surface area contributed by atoms with E-state index in [0.29, 0.717) is 35.4 Å². The number of aryl methyl sites for hydroxylation is 3. The molecule has 1 fully saturated rings. The fraction of sp³-hybridized carbons (Fsp3) is 0.500. The second kappa shape index (κ2) is 11.7. The molecule has 2 heterocycles. The summed E-state index contributed by atoms with van der Waals surface area (Å²) in [5.41, 5.74) is 4.07. The first-order valence-electron chi connectivity index (χ1n) is 12.9. The van der Waals surface area contributed by atoms with Crippen molar-refractivity contribution in [3.05, 3.63) is 57.8 Å². The van der Waals surface area contributed by atoms with Gasteiger partial charge in [0.25, 0.3) is 0 Å². The zero-order valence-corrected chi connectivity index (χ0v) is 21.4. The number of hydroxylamine groups is 2.